The van der Waals surface area contributed by atoms with E-state index in [-0.39, 0.29) is 11.8 Å². The van der Waals surface area contributed by atoms with Crippen molar-refractivity contribution in [1.29, 1.82) is 0 Å². The first-order valence-corrected chi connectivity index (χ1v) is 5.11. The molecule has 0 aromatic carbocycles. The summed E-state index contributed by atoms with van der Waals surface area (Å²) in [6.07, 6.45) is 1.66. The molecule has 0 bridgehead atoms. The molecule has 2 heterocycles. The van der Waals surface area contributed by atoms with Crippen LogP contribution in [0.5, 0.6) is 0 Å². The Bertz CT molecular complexity index is 400. The molecule has 0 radical (unpaired) electrons. The number of nitrogens with zero attached hydrogens (tertiary/aromatic N) is 2. The van der Waals surface area contributed by atoms with Crippen molar-refractivity contribution in [1.82, 2.24) is 9.78 Å². The number of carbonyl (C=O) groups is 1. The van der Waals surface area contributed by atoms with Crippen molar-refractivity contribution in [3.63, 3.8) is 0 Å². The van der Waals surface area contributed by atoms with Crippen molar-refractivity contribution in [3.8, 4) is 0 Å². The van der Waals surface area contributed by atoms with Gasteiger partial charge >= 0.3 is 0 Å². The molecule has 2 N–H and O–H groups in total. The Kier molecular flexibility index (Phi) is 2.69. The zero-order valence-electron chi connectivity index (χ0n) is 9.34. The number of hydrogen-bond donors (Lipinski definition) is 1. The number of aromatic nitrogens is 2. The van der Waals surface area contributed by atoms with Crippen molar-refractivity contribution in [3.05, 3.63) is 18.0 Å². The largest absolute Gasteiger partial charge is 0.364 e. The SMILES string of the molecule is CC1(C)OC[C@@H](Cn2ccc(C(N)=O)n2)O1. The van der Waals surface area contributed by atoms with Crippen LogP contribution >= 0.6 is 0 Å². The summed E-state index contributed by atoms with van der Waals surface area (Å²) in [4.78, 5) is 10.8. The normalized spacial score (nSPS) is 23.5. The van der Waals surface area contributed by atoms with Crippen LogP contribution in [0.3, 0.4) is 0 Å². The lowest BCUT2D eigenvalue weighted by Gasteiger charge is -2.16. The molecule has 88 valence electrons. The summed E-state index contributed by atoms with van der Waals surface area (Å²) in [5.41, 5.74) is 5.37. The maximum Gasteiger partial charge on any atom is 0.269 e. The fourth-order valence-electron chi connectivity index (χ4n) is 1.66. The number of ether oxygens (including phenoxy) is 2. The lowest BCUT2D eigenvalue weighted by atomic mass is 10.4. The van der Waals surface area contributed by atoms with E-state index in [1.807, 2.05) is 13.8 Å². The third-order valence-electron chi connectivity index (χ3n) is 2.35. The van der Waals surface area contributed by atoms with Gasteiger partial charge in [-0.05, 0) is 19.9 Å². The van der Waals surface area contributed by atoms with E-state index in [0.717, 1.165) is 0 Å². The molecule has 0 aliphatic carbocycles. The third kappa shape index (κ3) is 2.40. The van der Waals surface area contributed by atoms with Crippen molar-refractivity contribution in [2.75, 3.05) is 6.61 Å². The van der Waals surface area contributed by atoms with Gasteiger partial charge < -0.3 is 15.2 Å². The minimum absolute atomic E-state index is 0.0457. The maximum absolute atomic E-state index is 10.8. The number of amides is 1. The molecule has 1 saturated heterocycles. The van der Waals surface area contributed by atoms with Crippen LogP contribution in [-0.4, -0.2) is 34.2 Å². The van der Waals surface area contributed by atoms with E-state index >= 15 is 0 Å². The quantitative estimate of drug-likeness (QED) is 0.793. The fourth-order valence-corrected chi connectivity index (χ4v) is 1.66. The molecule has 1 aromatic heterocycles. The molecule has 1 fully saturated rings. The fraction of sp³-hybridized carbons (Fsp3) is 0.600. The van der Waals surface area contributed by atoms with E-state index in [2.05, 4.69) is 5.10 Å². The van der Waals surface area contributed by atoms with Gasteiger partial charge in [0.25, 0.3) is 5.91 Å². The van der Waals surface area contributed by atoms with Crippen molar-refractivity contribution < 1.29 is 14.3 Å². The Labute approximate surface area is 93.3 Å². The van der Waals surface area contributed by atoms with Crippen LogP contribution in [0.25, 0.3) is 0 Å². The second-order valence-electron chi connectivity index (χ2n) is 4.24. The molecule has 2 rings (SSSR count). The molecule has 6 heteroatoms. The van der Waals surface area contributed by atoms with Crippen molar-refractivity contribution in [2.45, 2.75) is 32.3 Å². The highest BCUT2D eigenvalue weighted by Gasteiger charge is 2.32. The number of rotatable bonds is 3. The van der Waals surface area contributed by atoms with Gasteiger partial charge in [0.2, 0.25) is 0 Å². The first kappa shape index (κ1) is 11.1. The summed E-state index contributed by atoms with van der Waals surface area (Å²) < 4.78 is 12.7. The Morgan fingerprint density at radius 3 is 3.00 bits per heavy atom. The predicted octanol–water partition coefficient (Wildman–Crippen LogP) is 0.134. The highest BCUT2D eigenvalue weighted by Crippen LogP contribution is 2.22. The smallest absolute Gasteiger partial charge is 0.269 e. The summed E-state index contributed by atoms with van der Waals surface area (Å²) in [5, 5.41) is 4.03. The third-order valence-corrected chi connectivity index (χ3v) is 2.35. The van der Waals surface area contributed by atoms with Gasteiger partial charge in [-0.25, -0.2) is 0 Å². The standard InChI is InChI=1S/C10H15N3O3/c1-10(2)15-6-7(16-10)5-13-4-3-8(12-13)9(11)14/h3-4,7H,5-6H2,1-2H3,(H2,11,14)/t7-/m1/s1. The van der Waals surface area contributed by atoms with Crippen LogP contribution in [0, 0.1) is 0 Å². The molecule has 6 nitrogen and oxygen atoms in total. The molecule has 16 heavy (non-hydrogen) atoms. The minimum Gasteiger partial charge on any atom is -0.364 e. The van der Waals surface area contributed by atoms with Crippen LogP contribution in [0.15, 0.2) is 12.3 Å². The predicted molar refractivity (Wildman–Crippen MR) is 55.6 cm³/mol. The van der Waals surface area contributed by atoms with E-state index in [0.29, 0.717) is 13.2 Å². The van der Waals surface area contributed by atoms with E-state index in [4.69, 9.17) is 15.2 Å². The van der Waals surface area contributed by atoms with E-state index in [1.165, 1.54) is 0 Å². The first-order chi connectivity index (χ1) is 7.46. The van der Waals surface area contributed by atoms with Crippen LogP contribution in [0.1, 0.15) is 24.3 Å². The molecule has 0 saturated carbocycles. The van der Waals surface area contributed by atoms with Gasteiger partial charge in [-0.1, -0.05) is 0 Å². The lowest BCUT2D eigenvalue weighted by Crippen LogP contribution is -2.24. The van der Waals surface area contributed by atoms with Gasteiger partial charge in [-0.2, -0.15) is 5.10 Å². The average Bonchev–Trinajstić information content (AvgIpc) is 2.73. The van der Waals surface area contributed by atoms with Crippen LogP contribution < -0.4 is 5.73 Å². The van der Waals surface area contributed by atoms with E-state index < -0.39 is 11.7 Å². The van der Waals surface area contributed by atoms with Crippen molar-refractivity contribution >= 4 is 5.91 Å². The van der Waals surface area contributed by atoms with Gasteiger partial charge in [-0.15, -0.1) is 0 Å². The highest BCUT2D eigenvalue weighted by atomic mass is 16.7. The molecule has 1 aromatic rings. The second kappa shape index (κ2) is 3.88. The number of hydrogen-bond acceptors (Lipinski definition) is 4. The molecule has 0 spiro atoms. The lowest BCUT2D eigenvalue weighted by molar-refractivity contribution is -0.139. The van der Waals surface area contributed by atoms with Gasteiger partial charge in [-0.3, -0.25) is 9.48 Å². The summed E-state index contributed by atoms with van der Waals surface area (Å²) in [5.74, 6) is -1.06. The molecule has 1 atom stereocenters. The summed E-state index contributed by atoms with van der Waals surface area (Å²) in [7, 11) is 0. The van der Waals surface area contributed by atoms with E-state index in [1.54, 1.807) is 16.9 Å². The Hall–Kier alpha value is -1.40. The van der Waals surface area contributed by atoms with Gasteiger partial charge in [0, 0.05) is 6.20 Å². The number of primary amides is 1. The van der Waals surface area contributed by atoms with Crippen molar-refractivity contribution in [2.24, 2.45) is 5.73 Å². The molecule has 1 amide bonds. The van der Waals surface area contributed by atoms with Gasteiger partial charge in [0.15, 0.2) is 5.79 Å². The molecule has 0 unspecified atom stereocenters. The molecular weight excluding hydrogens is 210 g/mol. The van der Waals surface area contributed by atoms with Gasteiger partial charge in [0.1, 0.15) is 11.8 Å². The second-order valence-corrected chi connectivity index (χ2v) is 4.24. The number of nitrogens with two attached hydrogens (primary N) is 1. The Balaban J connectivity index is 1.97. The topological polar surface area (TPSA) is 79.4 Å². The Morgan fingerprint density at radius 2 is 2.50 bits per heavy atom. The van der Waals surface area contributed by atoms with E-state index in [9.17, 15) is 4.79 Å². The number of carbonyl (C=O) groups excluding carboxylic acids is 1. The summed E-state index contributed by atoms with van der Waals surface area (Å²) in [6.45, 7) is 4.81. The molecule has 1 aliphatic rings. The van der Waals surface area contributed by atoms with Crippen LogP contribution in [-0.2, 0) is 16.0 Å². The minimum atomic E-state index is -0.537. The molecule has 1 aliphatic heterocycles. The molecular formula is C10H15N3O3. The zero-order valence-corrected chi connectivity index (χ0v) is 9.34. The maximum atomic E-state index is 10.8. The van der Waals surface area contributed by atoms with Crippen LogP contribution in [0.4, 0.5) is 0 Å². The summed E-state index contributed by atoms with van der Waals surface area (Å²) in [6, 6.07) is 1.59. The average molecular weight is 225 g/mol. The van der Waals surface area contributed by atoms with Crippen LogP contribution in [0.2, 0.25) is 0 Å². The first-order valence-electron chi connectivity index (χ1n) is 5.11. The highest BCUT2D eigenvalue weighted by molar-refractivity contribution is 5.90. The monoisotopic (exact) mass is 225 g/mol. The zero-order chi connectivity index (χ0) is 11.8. The summed E-state index contributed by atoms with van der Waals surface area (Å²) >= 11 is 0. The Morgan fingerprint density at radius 1 is 1.75 bits per heavy atom. The van der Waals surface area contributed by atoms with Gasteiger partial charge in [0.05, 0.1) is 13.2 Å².